The lowest BCUT2D eigenvalue weighted by Crippen LogP contribution is -2.41. The second kappa shape index (κ2) is 5.49. The molecule has 2 atom stereocenters. The monoisotopic (exact) mass is 243 g/mol. The van der Waals surface area contributed by atoms with Gasteiger partial charge in [-0.05, 0) is 26.7 Å². The first-order valence-electron chi connectivity index (χ1n) is 6.00. The van der Waals surface area contributed by atoms with E-state index in [-0.39, 0.29) is 30.9 Å². The smallest absolute Gasteiger partial charge is 0.309 e. The summed E-state index contributed by atoms with van der Waals surface area (Å²) in [5.41, 5.74) is -1.04. The molecule has 5 heteroatoms. The summed E-state index contributed by atoms with van der Waals surface area (Å²) in [6, 6.07) is -0.00269. The molecule has 0 saturated heterocycles. The summed E-state index contributed by atoms with van der Waals surface area (Å²) in [6.45, 7) is 3.15. The fourth-order valence-corrected chi connectivity index (χ4v) is 2.18. The van der Waals surface area contributed by atoms with Crippen molar-refractivity contribution in [3.8, 4) is 0 Å². The molecule has 1 fully saturated rings. The molecule has 0 aromatic carbocycles. The molecule has 0 heterocycles. The summed E-state index contributed by atoms with van der Waals surface area (Å²) in [5, 5.41) is 20.9. The van der Waals surface area contributed by atoms with Crippen LogP contribution in [0.2, 0.25) is 0 Å². The van der Waals surface area contributed by atoms with Crippen LogP contribution in [0.4, 0.5) is 0 Å². The van der Waals surface area contributed by atoms with Crippen LogP contribution < -0.4 is 5.32 Å². The molecule has 1 saturated carbocycles. The third-order valence-electron chi connectivity index (χ3n) is 3.42. The molecule has 1 rings (SSSR count). The van der Waals surface area contributed by atoms with E-state index in [2.05, 4.69) is 5.32 Å². The molecule has 0 spiro atoms. The first-order valence-corrected chi connectivity index (χ1v) is 6.00. The quantitative estimate of drug-likeness (QED) is 0.665. The van der Waals surface area contributed by atoms with E-state index >= 15 is 0 Å². The van der Waals surface area contributed by atoms with Crippen molar-refractivity contribution in [2.24, 2.45) is 11.3 Å². The lowest BCUT2D eigenvalue weighted by molar-refractivity contribution is -0.149. The van der Waals surface area contributed by atoms with Gasteiger partial charge in [0.2, 0.25) is 5.91 Å². The Labute approximate surface area is 101 Å². The van der Waals surface area contributed by atoms with Crippen LogP contribution in [0.3, 0.4) is 0 Å². The highest BCUT2D eigenvalue weighted by Gasteiger charge is 2.33. The van der Waals surface area contributed by atoms with Crippen molar-refractivity contribution in [2.45, 2.75) is 45.6 Å². The van der Waals surface area contributed by atoms with Crippen molar-refractivity contribution in [3.63, 3.8) is 0 Å². The van der Waals surface area contributed by atoms with Crippen molar-refractivity contribution >= 4 is 11.9 Å². The Hall–Kier alpha value is -1.10. The highest BCUT2D eigenvalue weighted by Crippen LogP contribution is 2.26. The number of amides is 1. The molecule has 98 valence electrons. The van der Waals surface area contributed by atoms with E-state index in [0.717, 1.165) is 19.3 Å². The number of hydrogen-bond acceptors (Lipinski definition) is 3. The van der Waals surface area contributed by atoms with Gasteiger partial charge in [0, 0.05) is 25.0 Å². The van der Waals surface area contributed by atoms with Gasteiger partial charge in [0.25, 0.3) is 0 Å². The number of aliphatic hydroxyl groups is 1. The van der Waals surface area contributed by atoms with E-state index in [1.807, 2.05) is 0 Å². The van der Waals surface area contributed by atoms with Gasteiger partial charge < -0.3 is 15.5 Å². The van der Waals surface area contributed by atoms with Crippen LogP contribution in [0.15, 0.2) is 0 Å². The van der Waals surface area contributed by atoms with Gasteiger partial charge in [0.05, 0.1) is 5.41 Å². The van der Waals surface area contributed by atoms with Gasteiger partial charge in [-0.25, -0.2) is 0 Å². The number of nitrogens with one attached hydrogen (secondary N) is 1. The fraction of sp³-hybridized carbons (Fsp3) is 0.833. The van der Waals surface area contributed by atoms with Crippen LogP contribution in [0, 0.1) is 11.3 Å². The molecular formula is C12H21NO4. The van der Waals surface area contributed by atoms with Gasteiger partial charge in [0.15, 0.2) is 0 Å². The molecule has 17 heavy (non-hydrogen) atoms. The van der Waals surface area contributed by atoms with E-state index in [0.29, 0.717) is 0 Å². The van der Waals surface area contributed by atoms with E-state index in [9.17, 15) is 9.59 Å². The molecule has 1 amide bonds. The summed E-state index contributed by atoms with van der Waals surface area (Å²) in [7, 11) is 0. The van der Waals surface area contributed by atoms with Gasteiger partial charge in [-0.1, -0.05) is 6.42 Å². The van der Waals surface area contributed by atoms with Crippen molar-refractivity contribution in [3.05, 3.63) is 0 Å². The topological polar surface area (TPSA) is 86.6 Å². The van der Waals surface area contributed by atoms with Crippen LogP contribution >= 0.6 is 0 Å². The summed E-state index contributed by atoms with van der Waals surface area (Å²) in [5.74, 6) is -1.10. The molecule has 1 aliphatic carbocycles. The molecule has 0 radical (unpaired) electrons. The minimum atomic E-state index is -1.04. The zero-order chi connectivity index (χ0) is 13.1. The molecule has 0 bridgehead atoms. The number of aliphatic carboxylic acids is 1. The molecule has 2 unspecified atom stereocenters. The minimum absolute atomic E-state index is 0.00269. The first kappa shape index (κ1) is 14.0. The SMILES string of the molecule is CC(C)(CC(=O)NC1CCCC1CO)C(=O)O. The lowest BCUT2D eigenvalue weighted by atomic mass is 9.89. The average molecular weight is 243 g/mol. The largest absolute Gasteiger partial charge is 0.481 e. The maximum absolute atomic E-state index is 11.7. The predicted octanol–water partition coefficient (Wildman–Crippen LogP) is 0.764. The molecule has 0 aliphatic heterocycles. The van der Waals surface area contributed by atoms with Crippen LogP contribution in [0.1, 0.15) is 39.5 Å². The molecule has 1 aliphatic rings. The Morgan fingerprint density at radius 1 is 1.35 bits per heavy atom. The molecule has 0 aromatic heterocycles. The second-order valence-corrected chi connectivity index (χ2v) is 5.41. The summed E-state index contributed by atoms with van der Waals surface area (Å²) >= 11 is 0. The first-order chi connectivity index (χ1) is 7.86. The van der Waals surface area contributed by atoms with Crippen LogP contribution in [-0.4, -0.2) is 34.7 Å². The van der Waals surface area contributed by atoms with Crippen molar-refractivity contribution < 1.29 is 19.8 Å². The number of rotatable bonds is 5. The maximum Gasteiger partial charge on any atom is 0.309 e. The highest BCUT2D eigenvalue weighted by atomic mass is 16.4. The Kier molecular flexibility index (Phi) is 4.51. The fourth-order valence-electron chi connectivity index (χ4n) is 2.18. The minimum Gasteiger partial charge on any atom is -0.481 e. The number of carbonyl (C=O) groups is 2. The second-order valence-electron chi connectivity index (χ2n) is 5.41. The number of hydrogen-bond donors (Lipinski definition) is 3. The predicted molar refractivity (Wildman–Crippen MR) is 62.4 cm³/mol. The number of aliphatic hydroxyl groups excluding tert-OH is 1. The van der Waals surface area contributed by atoms with Crippen LogP contribution in [0.5, 0.6) is 0 Å². The zero-order valence-electron chi connectivity index (χ0n) is 10.4. The molecule has 5 nitrogen and oxygen atoms in total. The Morgan fingerprint density at radius 2 is 2.00 bits per heavy atom. The summed E-state index contributed by atoms with van der Waals surface area (Å²) in [6.07, 6.45) is 2.75. The third kappa shape index (κ3) is 3.70. The van der Waals surface area contributed by atoms with E-state index in [1.54, 1.807) is 0 Å². The van der Waals surface area contributed by atoms with Crippen LogP contribution in [0.25, 0.3) is 0 Å². The Bertz CT molecular complexity index is 301. The van der Waals surface area contributed by atoms with Crippen LogP contribution in [-0.2, 0) is 9.59 Å². The third-order valence-corrected chi connectivity index (χ3v) is 3.42. The van der Waals surface area contributed by atoms with Gasteiger partial charge in [-0.2, -0.15) is 0 Å². The summed E-state index contributed by atoms with van der Waals surface area (Å²) in [4.78, 5) is 22.6. The van der Waals surface area contributed by atoms with Crippen molar-refractivity contribution in [1.29, 1.82) is 0 Å². The van der Waals surface area contributed by atoms with E-state index < -0.39 is 11.4 Å². The van der Waals surface area contributed by atoms with Gasteiger partial charge in [-0.15, -0.1) is 0 Å². The zero-order valence-corrected chi connectivity index (χ0v) is 10.4. The molecule has 3 N–H and O–H groups in total. The van der Waals surface area contributed by atoms with Crippen molar-refractivity contribution in [1.82, 2.24) is 5.32 Å². The van der Waals surface area contributed by atoms with Gasteiger partial charge >= 0.3 is 5.97 Å². The molecule has 0 aromatic rings. The number of carbonyl (C=O) groups excluding carboxylic acids is 1. The highest BCUT2D eigenvalue weighted by molar-refractivity contribution is 5.84. The van der Waals surface area contributed by atoms with E-state index in [1.165, 1.54) is 13.8 Å². The maximum atomic E-state index is 11.7. The van der Waals surface area contributed by atoms with E-state index in [4.69, 9.17) is 10.2 Å². The Balaban J connectivity index is 2.47. The summed E-state index contributed by atoms with van der Waals surface area (Å²) < 4.78 is 0. The Morgan fingerprint density at radius 3 is 2.53 bits per heavy atom. The average Bonchev–Trinajstić information content (AvgIpc) is 2.63. The number of carboxylic acid groups (broad SMARTS) is 1. The standard InChI is InChI=1S/C12H21NO4/c1-12(2,11(16)17)6-10(15)13-9-5-3-4-8(9)7-14/h8-9,14H,3-7H2,1-2H3,(H,13,15)(H,16,17). The lowest BCUT2D eigenvalue weighted by Gasteiger charge is -2.23. The van der Waals surface area contributed by atoms with Crippen molar-refractivity contribution in [2.75, 3.05) is 6.61 Å². The number of carboxylic acids is 1. The van der Waals surface area contributed by atoms with Gasteiger partial charge in [0.1, 0.15) is 0 Å². The van der Waals surface area contributed by atoms with Gasteiger partial charge in [-0.3, -0.25) is 9.59 Å². The normalized spacial score (nSPS) is 24.6. The molecular weight excluding hydrogens is 222 g/mol.